The van der Waals surface area contributed by atoms with E-state index in [2.05, 4.69) is 4.98 Å². The third-order valence-corrected chi connectivity index (χ3v) is 7.25. The van der Waals surface area contributed by atoms with E-state index in [9.17, 15) is 23.9 Å². The third-order valence-electron chi connectivity index (χ3n) is 6.53. The van der Waals surface area contributed by atoms with E-state index in [0.717, 1.165) is 17.2 Å². The Labute approximate surface area is 206 Å². The molecule has 1 N–H and O–H groups in total. The van der Waals surface area contributed by atoms with Gasteiger partial charge in [-0.1, -0.05) is 6.07 Å². The van der Waals surface area contributed by atoms with E-state index >= 15 is 0 Å². The molecular formula is C25H29FN4O4S. The fourth-order valence-corrected chi connectivity index (χ4v) is 5.51. The molecule has 1 saturated carbocycles. The lowest BCUT2D eigenvalue weighted by Crippen LogP contribution is -2.53. The number of rotatable bonds is 4. The molecule has 0 atom stereocenters. The van der Waals surface area contributed by atoms with Crippen LogP contribution < -0.4 is 11.2 Å². The molecule has 186 valence electrons. The van der Waals surface area contributed by atoms with Gasteiger partial charge in [0.2, 0.25) is 0 Å². The molecule has 4 rings (SSSR count). The molecule has 1 amide bonds. The van der Waals surface area contributed by atoms with Gasteiger partial charge in [0.1, 0.15) is 5.82 Å². The lowest BCUT2D eigenvalue weighted by molar-refractivity contribution is 0.0506. The summed E-state index contributed by atoms with van der Waals surface area (Å²) in [6.45, 7) is 5.55. The van der Waals surface area contributed by atoms with E-state index in [1.807, 2.05) is 45.2 Å². The monoisotopic (exact) mass is 500 g/mol. The molecule has 0 aliphatic heterocycles. The van der Waals surface area contributed by atoms with E-state index < -0.39 is 34.7 Å². The van der Waals surface area contributed by atoms with Crippen LogP contribution >= 0.6 is 11.8 Å². The van der Waals surface area contributed by atoms with Crippen molar-refractivity contribution in [3.05, 3.63) is 63.2 Å². The first-order chi connectivity index (χ1) is 16.5. The molecule has 0 unspecified atom stereocenters. The number of carbonyl (C=O) groups is 1. The predicted molar refractivity (Wildman–Crippen MR) is 134 cm³/mol. The highest BCUT2D eigenvalue weighted by atomic mass is 32.2. The Morgan fingerprint density at radius 3 is 2.46 bits per heavy atom. The second-order valence-corrected chi connectivity index (χ2v) is 10.7. The Morgan fingerprint density at radius 2 is 1.86 bits per heavy atom. The average Bonchev–Trinajstić information content (AvgIpc) is 2.80. The van der Waals surface area contributed by atoms with Crippen LogP contribution in [0.3, 0.4) is 0 Å². The van der Waals surface area contributed by atoms with Crippen LogP contribution in [0.4, 0.5) is 9.18 Å². The summed E-state index contributed by atoms with van der Waals surface area (Å²) in [6.07, 6.45) is 3.88. The molecule has 3 aromatic rings. The Kier molecular flexibility index (Phi) is 6.77. The van der Waals surface area contributed by atoms with Gasteiger partial charge in [0, 0.05) is 22.5 Å². The topological polar surface area (TPSA) is 97.4 Å². The maximum absolute atomic E-state index is 14.1. The van der Waals surface area contributed by atoms with Crippen LogP contribution in [-0.4, -0.2) is 48.1 Å². The fourth-order valence-electron chi connectivity index (χ4n) is 5.05. The summed E-state index contributed by atoms with van der Waals surface area (Å²) in [5.41, 5.74) is -1.04. The molecule has 0 saturated heterocycles. The van der Waals surface area contributed by atoms with E-state index in [0.29, 0.717) is 31.4 Å². The summed E-state index contributed by atoms with van der Waals surface area (Å²) < 4.78 is 16.7. The zero-order valence-electron chi connectivity index (χ0n) is 20.2. The summed E-state index contributed by atoms with van der Waals surface area (Å²) in [5, 5.41) is 9.79. The number of halogens is 1. The first-order valence-electron chi connectivity index (χ1n) is 11.5. The number of hydrogen-bond acceptors (Lipinski definition) is 5. The predicted octanol–water partition coefficient (Wildman–Crippen LogP) is 4.67. The molecule has 0 spiro atoms. The van der Waals surface area contributed by atoms with Gasteiger partial charge in [0.25, 0.3) is 5.56 Å². The Balaban J connectivity index is 1.81. The Morgan fingerprint density at radius 1 is 1.17 bits per heavy atom. The Bertz CT molecular complexity index is 1390. The number of nitrogens with zero attached hydrogens (tertiary/aromatic N) is 4. The van der Waals surface area contributed by atoms with Crippen LogP contribution in [0.2, 0.25) is 0 Å². The van der Waals surface area contributed by atoms with Gasteiger partial charge in [-0.2, -0.15) is 0 Å². The number of pyridine rings is 1. The summed E-state index contributed by atoms with van der Waals surface area (Å²) in [6, 6.07) is 7.80. The molecule has 2 aromatic heterocycles. The molecule has 1 aromatic carbocycles. The van der Waals surface area contributed by atoms with E-state index in [1.165, 1.54) is 25.8 Å². The number of amides is 1. The number of fused-ring (bicyclic) bond motifs is 1. The first kappa shape index (κ1) is 25.0. The molecule has 10 heteroatoms. The van der Waals surface area contributed by atoms with Gasteiger partial charge in [-0.3, -0.25) is 9.36 Å². The van der Waals surface area contributed by atoms with Crippen molar-refractivity contribution in [1.29, 1.82) is 0 Å². The summed E-state index contributed by atoms with van der Waals surface area (Å²) in [7, 11) is 0. The summed E-state index contributed by atoms with van der Waals surface area (Å²) in [5.74, 6) is -0.657. The van der Waals surface area contributed by atoms with Gasteiger partial charge >= 0.3 is 11.8 Å². The van der Waals surface area contributed by atoms with Crippen LogP contribution in [-0.2, 0) is 0 Å². The SMILES string of the molecule is CSc1cccc(-n2c(=O)n(C3CCC(N(C(=O)O)C(C)(C)C)CC3)c(=O)c3cc(F)cnc32)c1. The lowest BCUT2D eigenvalue weighted by Gasteiger charge is -2.42. The highest BCUT2D eigenvalue weighted by Gasteiger charge is 2.36. The van der Waals surface area contributed by atoms with Gasteiger partial charge in [-0.15, -0.1) is 11.8 Å². The Hall–Kier alpha value is -3.14. The number of benzene rings is 1. The number of aromatic nitrogens is 3. The molecule has 1 aliphatic rings. The molecule has 2 heterocycles. The summed E-state index contributed by atoms with van der Waals surface area (Å²) in [4.78, 5) is 45.6. The van der Waals surface area contributed by atoms with Crippen molar-refractivity contribution in [2.24, 2.45) is 0 Å². The van der Waals surface area contributed by atoms with Gasteiger partial charge in [0.15, 0.2) is 5.65 Å². The first-order valence-corrected chi connectivity index (χ1v) is 12.7. The van der Waals surface area contributed by atoms with E-state index in [-0.39, 0.29) is 17.1 Å². The molecular weight excluding hydrogens is 471 g/mol. The second kappa shape index (κ2) is 9.49. The van der Waals surface area contributed by atoms with Crippen molar-refractivity contribution in [3.8, 4) is 5.69 Å². The van der Waals surface area contributed by atoms with Gasteiger partial charge in [0.05, 0.1) is 17.3 Å². The van der Waals surface area contributed by atoms with Gasteiger partial charge < -0.3 is 10.0 Å². The lowest BCUT2D eigenvalue weighted by atomic mass is 9.88. The summed E-state index contributed by atoms with van der Waals surface area (Å²) >= 11 is 1.52. The zero-order chi connectivity index (χ0) is 25.5. The largest absolute Gasteiger partial charge is 0.465 e. The average molecular weight is 501 g/mol. The minimum atomic E-state index is -0.985. The smallest absolute Gasteiger partial charge is 0.407 e. The van der Waals surface area contributed by atoms with Gasteiger partial charge in [-0.25, -0.2) is 23.5 Å². The van der Waals surface area contributed by atoms with Crippen molar-refractivity contribution in [2.75, 3.05) is 6.26 Å². The quantitative estimate of drug-likeness (QED) is 0.523. The standard InChI is InChI=1S/C25H29FN4O4S/c1-25(2,3)30(24(33)34)17-10-8-16(9-11-17)29-22(31)20-12-15(26)14-27-21(20)28(23(29)32)18-6-5-7-19(13-18)35-4/h5-7,12-14,16-17H,8-11H2,1-4H3,(H,33,34). The molecule has 0 bridgehead atoms. The van der Waals surface area contributed by atoms with E-state index in [4.69, 9.17) is 0 Å². The maximum Gasteiger partial charge on any atom is 0.407 e. The van der Waals surface area contributed by atoms with Crippen LogP contribution in [0.15, 0.2) is 51.0 Å². The minimum absolute atomic E-state index is 0.0307. The fraction of sp³-hybridized carbons (Fsp3) is 0.440. The van der Waals surface area contributed by atoms with Crippen molar-refractivity contribution in [2.45, 2.75) is 69.0 Å². The molecule has 35 heavy (non-hydrogen) atoms. The highest BCUT2D eigenvalue weighted by Crippen LogP contribution is 2.33. The number of carboxylic acid groups (broad SMARTS) is 1. The highest BCUT2D eigenvalue weighted by molar-refractivity contribution is 7.98. The van der Waals surface area contributed by atoms with Crippen LogP contribution in [0.25, 0.3) is 16.7 Å². The second-order valence-electron chi connectivity index (χ2n) is 9.81. The van der Waals surface area contributed by atoms with Crippen molar-refractivity contribution < 1.29 is 14.3 Å². The number of thioether (sulfide) groups is 1. The third kappa shape index (κ3) is 4.71. The van der Waals surface area contributed by atoms with Crippen molar-refractivity contribution >= 4 is 28.9 Å². The van der Waals surface area contributed by atoms with Gasteiger partial charge in [-0.05, 0) is 77.0 Å². The van der Waals surface area contributed by atoms with E-state index in [1.54, 1.807) is 6.07 Å². The molecule has 8 nitrogen and oxygen atoms in total. The normalized spacial score (nSPS) is 18.5. The molecule has 0 radical (unpaired) electrons. The molecule has 1 aliphatic carbocycles. The molecule has 1 fully saturated rings. The maximum atomic E-state index is 14.1. The number of hydrogen-bond donors (Lipinski definition) is 1. The van der Waals surface area contributed by atoms with Crippen LogP contribution in [0, 0.1) is 5.82 Å². The zero-order valence-corrected chi connectivity index (χ0v) is 21.0. The van der Waals surface area contributed by atoms with Crippen molar-refractivity contribution in [3.63, 3.8) is 0 Å². The van der Waals surface area contributed by atoms with Crippen LogP contribution in [0.5, 0.6) is 0 Å². The van der Waals surface area contributed by atoms with Crippen molar-refractivity contribution in [1.82, 2.24) is 19.0 Å². The minimum Gasteiger partial charge on any atom is -0.465 e. The van der Waals surface area contributed by atoms with Crippen LogP contribution in [0.1, 0.15) is 52.5 Å².